The van der Waals surface area contributed by atoms with E-state index in [9.17, 15) is 4.39 Å². The van der Waals surface area contributed by atoms with Gasteiger partial charge in [-0.05, 0) is 12.5 Å². The molecule has 14 heavy (non-hydrogen) atoms. The Labute approximate surface area is 81.2 Å². The Bertz CT molecular complexity index is 436. The molecule has 0 aliphatic heterocycles. The molecule has 72 valence electrons. The first-order chi connectivity index (χ1) is 6.81. The molecular weight excluding hydrogens is 181 g/mol. The minimum absolute atomic E-state index is 0.640. The molecule has 1 aromatic carbocycles. The van der Waals surface area contributed by atoms with Gasteiger partial charge >= 0.3 is 0 Å². The summed E-state index contributed by atoms with van der Waals surface area (Å²) in [6.07, 6.45) is 1.60. The Morgan fingerprint density at radius 3 is 2.79 bits per heavy atom. The summed E-state index contributed by atoms with van der Waals surface area (Å²) in [7, 11) is 0. The summed E-state index contributed by atoms with van der Waals surface area (Å²) >= 11 is 0. The molecule has 0 atom stereocenters. The SMILES string of the molecule is Cc1ccccc1-c1cn(CF)nn1. The molecule has 0 aliphatic rings. The first-order valence-electron chi connectivity index (χ1n) is 4.33. The predicted molar refractivity (Wildman–Crippen MR) is 51.3 cm³/mol. The average Bonchev–Trinajstić information content (AvgIpc) is 2.67. The molecule has 0 saturated carbocycles. The molecule has 0 spiro atoms. The fourth-order valence-corrected chi connectivity index (χ4v) is 1.34. The van der Waals surface area contributed by atoms with Crippen molar-refractivity contribution in [3.8, 4) is 11.3 Å². The Hall–Kier alpha value is -1.71. The third-order valence-electron chi connectivity index (χ3n) is 2.08. The van der Waals surface area contributed by atoms with Gasteiger partial charge in [-0.15, -0.1) is 5.10 Å². The van der Waals surface area contributed by atoms with Crippen LogP contribution in [0.3, 0.4) is 0 Å². The second-order valence-electron chi connectivity index (χ2n) is 3.08. The van der Waals surface area contributed by atoms with E-state index in [0.29, 0.717) is 5.69 Å². The van der Waals surface area contributed by atoms with E-state index in [2.05, 4.69) is 10.3 Å². The van der Waals surface area contributed by atoms with E-state index in [-0.39, 0.29) is 0 Å². The van der Waals surface area contributed by atoms with Gasteiger partial charge < -0.3 is 0 Å². The maximum absolute atomic E-state index is 12.2. The van der Waals surface area contributed by atoms with Crippen LogP contribution < -0.4 is 0 Å². The van der Waals surface area contributed by atoms with Crippen LogP contribution in [0.15, 0.2) is 30.5 Å². The number of hydrogen-bond donors (Lipinski definition) is 0. The van der Waals surface area contributed by atoms with Crippen molar-refractivity contribution in [1.82, 2.24) is 15.0 Å². The highest BCUT2D eigenvalue weighted by atomic mass is 19.1. The van der Waals surface area contributed by atoms with Crippen LogP contribution in [0.5, 0.6) is 0 Å². The minimum atomic E-state index is -0.640. The smallest absolute Gasteiger partial charge is 0.183 e. The molecule has 0 N–H and O–H groups in total. The van der Waals surface area contributed by atoms with Gasteiger partial charge in [0.15, 0.2) is 6.80 Å². The number of halogens is 1. The summed E-state index contributed by atoms with van der Waals surface area (Å²) in [5, 5.41) is 7.53. The van der Waals surface area contributed by atoms with Gasteiger partial charge in [-0.25, -0.2) is 9.07 Å². The molecule has 4 heteroatoms. The predicted octanol–water partition coefficient (Wildman–Crippen LogP) is 2.18. The molecular formula is C10H10FN3. The second-order valence-corrected chi connectivity index (χ2v) is 3.08. The molecule has 0 saturated heterocycles. The molecule has 0 fully saturated rings. The van der Waals surface area contributed by atoms with Gasteiger partial charge in [0.2, 0.25) is 0 Å². The van der Waals surface area contributed by atoms with Crippen LogP contribution in [0.4, 0.5) is 4.39 Å². The third-order valence-corrected chi connectivity index (χ3v) is 2.08. The lowest BCUT2D eigenvalue weighted by atomic mass is 10.1. The third kappa shape index (κ3) is 1.51. The fraction of sp³-hybridized carbons (Fsp3) is 0.200. The number of aryl methyl sites for hydroxylation is 1. The number of alkyl halides is 1. The normalized spacial score (nSPS) is 10.4. The lowest BCUT2D eigenvalue weighted by Crippen LogP contribution is -1.91. The zero-order chi connectivity index (χ0) is 9.97. The van der Waals surface area contributed by atoms with E-state index in [0.717, 1.165) is 11.1 Å². The summed E-state index contributed by atoms with van der Waals surface area (Å²) in [5.41, 5.74) is 2.81. The summed E-state index contributed by atoms with van der Waals surface area (Å²) in [5.74, 6) is 0. The minimum Gasteiger partial charge on any atom is -0.225 e. The second kappa shape index (κ2) is 3.57. The van der Waals surface area contributed by atoms with Gasteiger partial charge in [0.25, 0.3) is 0 Å². The van der Waals surface area contributed by atoms with Crippen LogP contribution in [0.1, 0.15) is 5.56 Å². The summed E-state index contributed by atoms with van der Waals surface area (Å²) in [4.78, 5) is 0. The molecule has 1 heterocycles. The molecule has 0 unspecified atom stereocenters. The van der Waals surface area contributed by atoms with E-state index >= 15 is 0 Å². The molecule has 1 aromatic heterocycles. The van der Waals surface area contributed by atoms with Crippen molar-refractivity contribution >= 4 is 0 Å². The average molecular weight is 191 g/mol. The highest BCUT2D eigenvalue weighted by molar-refractivity contribution is 5.61. The summed E-state index contributed by atoms with van der Waals surface area (Å²) in [6.45, 7) is 1.35. The first kappa shape index (κ1) is 8.87. The zero-order valence-electron chi connectivity index (χ0n) is 7.81. The molecule has 2 aromatic rings. The van der Waals surface area contributed by atoms with E-state index in [1.165, 1.54) is 4.68 Å². The monoisotopic (exact) mass is 191 g/mol. The summed E-state index contributed by atoms with van der Waals surface area (Å²) in [6, 6.07) is 7.82. The number of hydrogen-bond acceptors (Lipinski definition) is 2. The zero-order valence-corrected chi connectivity index (χ0v) is 7.81. The van der Waals surface area contributed by atoms with Gasteiger partial charge in [-0.2, -0.15) is 0 Å². The molecule has 0 bridgehead atoms. The Kier molecular flexibility index (Phi) is 2.26. The molecule has 0 amide bonds. The topological polar surface area (TPSA) is 30.7 Å². The lowest BCUT2D eigenvalue weighted by Gasteiger charge is -1.99. The van der Waals surface area contributed by atoms with Crippen molar-refractivity contribution in [1.29, 1.82) is 0 Å². The quantitative estimate of drug-likeness (QED) is 0.728. The Morgan fingerprint density at radius 1 is 1.36 bits per heavy atom. The van der Waals surface area contributed by atoms with Gasteiger partial charge in [-0.3, -0.25) is 0 Å². The van der Waals surface area contributed by atoms with Gasteiger partial charge in [0, 0.05) is 5.56 Å². The van der Waals surface area contributed by atoms with E-state index < -0.39 is 6.80 Å². The van der Waals surface area contributed by atoms with E-state index in [1.807, 2.05) is 31.2 Å². The van der Waals surface area contributed by atoms with Crippen molar-refractivity contribution in [2.75, 3.05) is 0 Å². The molecule has 3 nitrogen and oxygen atoms in total. The molecule has 2 rings (SSSR count). The fourth-order valence-electron chi connectivity index (χ4n) is 1.34. The standard InChI is InChI=1S/C10H10FN3/c1-8-4-2-3-5-9(8)10-6-14(7-11)13-12-10/h2-6H,7H2,1H3. The number of benzene rings is 1. The van der Waals surface area contributed by atoms with Crippen molar-refractivity contribution in [3.05, 3.63) is 36.0 Å². The first-order valence-corrected chi connectivity index (χ1v) is 4.33. The maximum Gasteiger partial charge on any atom is 0.183 e. The summed E-state index contributed by atoms with van der Waals surface area (Å²) < 4.78 is 13.4. The van der Waals surface area contributed by atoms with Crippen LogP contribution in [-0.2, 0) is 6.80 Å². The number of rotatable bonds is 2. The van der Waals surface area contributed by atoms with E-state index in [4.69, 9.17) is 0 Å². The van der Waals surface area contributed by atoms with Crippen LogP contribution in [0.2, 0.25) is 0 Å². The van der Waals surface area contributed by atoms with Crippen LogP contribution >= 0.6 is 0 Å². The maximum atomic E-state index is 12.2. The van der Waals surface area contributed by atoms with Crippen LogP contribution in [0.25, 0.3) is 11.3 Å². The van der Waals surface area contributed by atoms with Crippen LogP contribution in [0, 0.1) is 6.92 Å². The molecule has 0 radical (unpaired) electrons. The Balaban J connectivity index is 2.44. The van der Waals surface area contributed by atoms with Crippen molar-refractivity contribution in [2.45, 2.75) is 13.7 Å². The highest BCUT2D eigenvalue weighted by Gasteiger charge is 2.05. The van der Waals surface area contributed by atoms with Crippen molar-refractivity contribution < 1.29 is 4.39 Å². The highest BCUT2D eigenvalue weighted by Crippen LogP contribution is 2.19. The molecule has 0 aliphatic carbocycles. The van der Waals surface area contributed by atoms with Gasteiger partial charge in [-0.1, -0.05) is 29.5 Å². The van der Waals surface area contributed by atoms with Crippen molar-refractivity contribution in [2.24, 2.45) is 0 Å². The van der Waals surface area contributed by atoms with E-state index in [1.54, 1.807) is 6.20 Å². The Morgan fingerprint density at radius 2 is 2.14 bits per heavy atom. The number of aromatic nitrogens is 3. The van der Waals surface area contributed by atoms with Gasteiger partial charge in [0.1, 0.15) is 5.69 Å². The van der Waals surface area contributed by atoms with Crippen LogP contribution in [-0.4, -0.2) is 15.0 Å². The largest absolute Gasteiger partial charge is 0.225 e. The van der Waals surface area contributed by atoms with Crippen molar-refractivity contribution in [3.63, 3.8) is 0 Å². The van der Waals surface area contributed by atoms with Gasteiger partial charge in [0.05, 0.1) is 6.20 Å². The number of nitrogens with zero attached hydrogens (tertiary/aromatic N) is 3. The lowest BCUT2D eigenvalue weighted by molar-refractivity contribution is 0.343.